The van der Waals surface area contributed by atoms with Crippen LogP contribution < -0.4 is 10.6 Å². The Bertz CT molecular complexity index is 385. The van der Waals surface area contributed by atoms with Crippen molar-refractivity contribution in [3.63, 3.8) is 0 Å². The third-order valence-corrected chi connectivity index (χ3v) is 3.45. The summed E-state index contributed by atoms with van der Waals surface area (Å²) in [6, 6.07) is -0.270. The van der Waals surface area contributed by atoms with Crippen LogP contribution in [-0.4, -0.2) is 66.4 Å². The van der Waals surface area contributed by atoms with E-state index in [0.29, 0.717) is 6.54 Å². The lowest BCUT2D eigenvalue weighted by molar-refractivity contribution is -0.133. The topological polar surface area (TPSA) is 81.8 Å². The summed E-state index contributed by atoms with van der Waals surface area (Å²) in [5.41, 5.74) is 0. The molecule has 0 aromatic carbocycles. The lowest BCUT2D eigenvalue weighted by atomic mass is 10.2. The molecule has 4 amide bonds. The zero-order valence-electron chi connectivity index (χ0n) is 11.6. The molecule has 0 aromatic heterocycles. The summed E-state index contributed by atoms with van der Waals surface area (Å²) in [5.74, 6) is -0.428. The first-order chi connectivity index (χ1) is 9.11. The second kappa shape index (κ2) is 7.44. The molecule has 2 N–H and O–H groups in total. The Morgan fingerprint density at radius 1 is 1.45 bits per heavy atom. The number of amides is 4. The van der Waals surface area contributed by atoms with Crippen LogP contribution in [0.4, 0.5) is 4.79 Å². The van der Waals surface area contributed by atoms with Gasteiger partial charge in [-0.25, -0.2) is 4.79 Å². The van der Waals surface area contributed by atoms with Gasteiger partial charge in [0.2, 0.25) is 11.8 Å². The lowest BCUT2D eigenvalue weighted by Crippen LogP contribution is -2.47. The van der Waals surface area contributed by atoms with Gasteiger partial charge in [-0.15, -0.1) is 12.4 Å². The maximum absolute atomic E-state index is 12.3. The van der Waals surface area contributed by atoms with Gasteiger partial charge in [0, 0.05) is 19.1 Å². The molecule has 2 rings (SSSR count). The molecule has 1 atom stereocenters. The van der Waals surface area contributed by atoms with Crippen LogP contribution in [0.25, 0.3) is 0 Å². The van der Waals surface area contributed by atoms with Gasteiger partial charge >= 0.3 is 6.03 Å². The van der Waals surface area contributed by atoms with Gasteiger partial charge in [-0.2, -0.15) is 0 Å². The van der Waals surface area contributed by atoms with E-state index in [1.54, 1.807) is 0 Å². The third kappa shape index (κ3) is 3.83. The molecule has 0 saturated carbocycles. The minimum atomic E-state index is -0.473. The summed E-state index contributed by atoms with van der Waals surface area (Å²) < 4.78 is 0. The van der Waals surface area contributed by atoms with Crippen LogP contribution in [0.5, 0.6) is 0 Å². The zero-order valence-corrected chi connectivity index (χ0v) is 12.4. The van der Waals surface area contributed by atoms with E-state index in [9.17, 15) is 14.4 Å². The number of hydrogen-bond donors (Lipinski definition) is 2. The number of carbonyl (C=O) groups excluding carboxylic acids is 3. The molecule has 0 radical (unpaired) electrons. The Hall–Kier alpha value is -1.34. The van der Waals surface area contributed by atoms with Gasteiger partial charge in [0.1, 0.15) is 13.1 Å². The Kier molecular flexibility index (Phi) is 6.22. The van der Waals surface area contributed by atoms with Crippen molar-refractivity contribution in [2.75, 3.05) is 32.7 Å². The van der Waals surface area contributed by atoms with Crippen molar-refractivity contribution >= 4 is 30.3 Å². The number of halogens is 1. The van der Waals surface area contributed by atoms with E-state index in [1.807, 2.05) is 11.8 Å². The molecule has 1 unspecified atom stereocenters. The van der Waals surface area contributed by atoms with Crippen LogP contribution in [0.15, 0.2) is 0 Å². The minimum absolute atomic E-state index is 0. The molecule has 0 bridgehead atoms. The van der Waals surface area contributed by atoms with Crippen molar-refractivity contribution in [1.29, 1.82) is 0 Å². The summed E-state index contributed by atoms with van der Waals surface area (Å²) in [6.45, 7) is 4.39. The number of nitrogens with one attached hydrogen (secondary N) is 2. The molecule has 2 heterocycles. The highest BCUT2D eigenvalue weighted by Gasteiger charge is 2.32. The van der Waals surface area contributed by atoms with Crippen molar-refractivity contribution in [3.8, 4) is 0 Å². The zero-order chi connectivity index (χ0) is 13.8. The van der Waals surface area contributed by atoms with Gasteiger partial charge in [0.15, 0.2) is 0 Å². The normalized spacial score (nSPS) is 21.6. The molecule has 2 fully saturated rings. The van der Waals surface area contributed by atoms with Gasteiger partial charge in [0.05, 0.1) is 0 Å². The molecule has 0 aliphatic carbocycles. The standard InChI is InChI=1S/C12H20N4O3.ClH/c1-2-5-16(9-3-4-13-6-9)11(18)8-15-7-10(17)14-12(15)19;/h9,13H,2-8H2,1H3,(H,14,17,19);1H. The molecule has 2 saturated heterocycles. The molecule has 2 aliphatic heterocycles. The molecule has 7 nitrogen and oxygen atoms in total. The largest absolute Gasteiger partial charge is 0.337 e. The van der Waals surface area contributed by atoms with Gasteiger partial charge in [-0.3, -0.25) is 14.9 Å². The summed E-state index contributed by atoms with van der Waals surface area (Å²) in [4.78, 5) is 37.9. The van der Waals surface area contributed by atoms with Crippen molar-refractivity contribution < 1.29 is 14.4 Å². The van der Waals surface area contributed by atoms with Gasteiger partial charge in [0.25, 0.3) is 0 Å². The summed E-state index contributed by atoms with van der Waals surface area (Å²) in [7, 11) is 0. The number of nitrogens with zero attached hydrogens (tertiary/aromatic N) is 2. The lowest BCUT2D eigenvalue weighted by Gasteiger charge is -2.29. The first-order valence-electron chi connectivity index (χ1n) is 6.70. The molecule has 2 aliphatic rings. The number of urea groups is 1. The monoisotopic (exact) mass is 304 g/mol. The number of imide groups is 1. The molecule has 8 heteroatoms. The van der Waals surface area contributed by atoms with Crippen LogP contribution in [-0.2, 0) is 9.59 Å². The van der Waals surface area contributed by atoms with Crippen molar-refractivity contribution in [2.45, 2.75) is 25.8 Å². The average molecular weight is 305 g/mol. The molecule has 20 heavy (non-hydrogen) atoms. The van der Waals surface area contributed by atoms with E-state index < -0.39 is 6.03 Å². The van der Waals surface area contributed by atoms with E-state index in [4.69, 9.17) is 0 Å². The number of carbonyl (C=O) groups is 3. The Morgan fingerprint density at radius 3 is 2.70 bits per heavy atom. The van der Waals surface area contributed by atoms with E-state index in [2.05, 4.69) is 10.6 Å². The fraction of sp³-hybridized carbons (Fsp3) is 0.750. The predicted octanol–water partition coefficient (Wildman–Crippen LogP) is -0.439. The fourth-order valence-electron chi connectivity index (χ4n) is 2.52. The fourth-order valence-corrected chi connectivity index (χ4v) is 2.52. The SMILES string of the molecule is CCCN(C(=O)CN1CC(=O)NC1=O)C1CCNC1.Cl. The van der Waals surface area contributed by atoms with E-state index in [-0.39, 0.29) is 43.4 Å². The predicted molar refractivity (Wildman–Crippen MR) is 75.6 cm³/mol. The van der Waals surface area contributed by atoms with Crippen molar-refractivity contribution in [2.24, 2.45) is 0 Å². The first kappa shape index (κ1) is 16.7. The van der Waals surface area contributed by atoms with Crippen molar-refractivity contribution in [1.82, 2.24) is 20.4 Å². The molecular formula is C12H21ClN4O3. The quantitative estimate of drug-likeness (QED) is 0.675. The molecular weight excluding hydrogens is 284 g/mol. The van der Waals surface area contributed by atoms with Crippen LogP contribution in [0, 0.1) is 0 Å². The summed E-state index contributed by atoms with van der Waals surface area (Å²) in [6.07, 6.45) is 1.82. The van der Waals surface area contributed by atoms with Crippen LogP contribution >= 0.6 is 12.4 Å². The number of hydrogen-bond acceptors (Lipinski definition) is 4. The highest BCUT2D eigenvalue weighted by molar-refractivity contribution is 6.03. The van der Waals surface area contributed by atoms with E-state index >= 15 is 0 Å². The highest BCUT2D eigenvalue weighted by Crippen LogP contribution is 2.11. The summed E-state index contributed by atoms with van der Waals surface area (Å²) in [5, 5.41) is 5.41. The van der Waals surface area contributed by atoms with E-state index in [1.165, 1.54) is 4.90 Å². The second-order valence-corrected chi connectivity index (χ2v) is 4.94. The maximum Gasteiger partial charge on any atom is 0.325 e. The molecule has 114 valence electrons. The molecule has 0 aromatic rings. The second-order valence-electron chi connectivity index (χ2n) is 4.94. The smallest absolute Gasteiger partial charge is 0.325 e. The number of rotatable bonds is 5. The third-order valence-electron chi connectivity index (χ3n) is 3.45. The molecule has 0 spiro atoms. The van der Waals surface area contributed by atoms with Gasteiger partial charge in [-0.1, -0.05) is 6.92 Å². The van der Waals surface area contributed by atoms with Crippen LogP contribution in [0.1, 0.15) is 19.8 Å². The van der Waals surface area contributed by atoms with E-state index in [0.717, 1.165) is 25.9 Å². The van der Waals surface area contributed by atoms with Crippen molar-refractivity contribution in [3.05, 3.63) is 0 Å². The van der Waals surface area contributed by atoms with Gasteiger partial charge < -0.3 is 15.1 Å². The maximum atomic E-state index is 12.3. The Labute approximate surface area is 124 Å². The summed E-state index contributed by atoms with van der Waals surface area (Å²) >= 11 is 0. The van der Waals surface area contributed by atoms with Crippen LogP contribution in [0.2, 0.25) is 0 Å². The Morgan fingerprint density at radius 2 is 2.20 bits per heavy atom. The Balaban J connectivity index is 0.00000200. The van der Waals surface area contributed by atoms with Gasteiger partial charge in [-0.05, 0) is 19.4 Å². The van der Waals surface area contributed by atoms with Crippen LogP contribution in [0.3, 0.4) is 0 Å². The first-order valence-corrected chi connectivity index (χ1v) is 6.70. The average Bonchev–Trinajstić information content (AvgIpc) is 2.97. The highest BCUT2D eigenvalue weighted by atomic mass is 35.5. The minimum Gasteiger partial charge on any atom is -0.337 e.